The minimum Gasteiger partial charge on any atom is -0.444 e. The Kier molecular flexibility index (Phi) is 6.09. The number of hydrazine groups is 1. The van der Waals surface area contributed by atoms with Gasteiger partial charge in [0.2, 0.25) is 0 Å². The summed E-state index contributed by atoms with van der Waals surface area (Å²) in [4.78, 5) is 16.8. The molecule has 8 heteroatoms. The second-order valence-electron chi connectivity index (χ2n) is 7.80. The molecule has 4 aromatic carbocycles. The number of hydrogen-bond donors (Lipinski definition) is 3. The molecule has 6 nitrogen and oxygen atoms in total. The zero-order chi connectivity index (χ0) is 24.2. The molecule has 1 heterocycles. The smallest absolute Gasteiger partial charge is 0.411 e. The summed E-state index contributed by atoms with van der Waals surface area (Å²) in [5.41, 5.74) is 10.8. The van der Waals surface area contributed by atoms with Crippen LogP contribution in [0.1, 0.15) is 5.56 Å². The Morgan fingerprint density at radius 1 is 0.743 bits per heavy atom. The third-order valence-corrected chi connectivity index (χ3v) is 5.38. The van der Waals surface area contributed by atoms with Gasteiger partial charge in [0.1, 0.15) is 6.61 Å². The lowest BCUT2D eigenvalue weighted by Crippen LogP contribution is -2.14. The minimum atomic E-state index is -1.05. The summed E-state index contributed by atoms with van der Waals surface area (Å²) < 4.78 is 31.6. The fourth-order valence-corrected chi connectivity index (χ4v) is 3.72. The predicted molar refractivity (Wildman–Crippen MR) is 133 cm³/mol. The van der Waals surface area contributed by atoms with Crippen molar-refractivity contribution in [3.8, 4) is 0 Å². The molecule has 0 aliphatic rings. The molecule has 3 N–H and O–H groups in total. The van der Waals surface area contributed by atoms with Crippen LogP contribution in [0.25, 0.3) is 21.8 Å². The van der Waals surface area contributed by atoms with Crippen molar-refractivity contribution >= 4 is 45.0 Å². The topological polar surface area (TPSA) is 75.3 Å². The molecule has 35 heavy (non-hydrogen) atoms. The van der Waals surface area contributed by atoms with Crippen molar-refractivity contribution in [1.29, 1.82) is 0 Å². The van der Waals surface area contributed by atoms with Gasteiger partial charge in [-0.25, -0.2) is 18.6 Å². The number of carbonyl (C=O) groups is 1. The number of nitrogens with zero attached hydrogens (tertiary/aromatic N) is 1. The van der Waals surface area contributed by atoms with E-state index in [1.54, 1.807) is 0 Å². The number of rotatable bonds is 6. The van der Waals surface area contributed by atoms with Gasteiger partial charge in [-0.3, -0.25) is 10.7 Å². The van der Waals surface area contributed by atoms with Gasteiger partial charge in [0.25, 0.3) is 0 Å². The zero-order valence-corrected chi connectivity index (χ0v) is 18.4. The zero-order valence-electron chi connectivity index (χ0n) is 18.4. The van der Waals surface area contributed by atoms with Crippen molar-refractivity contribution in [2.24, 2.45) is 0 Å². The van der Waals surface area contributed by atoms with Crippen molar-refractivity contribution in [2.75, 3.05) is 16.2 Å². The average Bonchev–Trinajstić information content (AvgIpc) is 2.88. The fraction of sp³-hybridized carbons (Fsp3) is 0.0370. The number of amides is 1. The summed E-state index contributed by atoms with van der Waals surface area (Å²) in [5, 5.41) is 4.33. The molecular formula is C27H20F2N4O2. The summed E-state index contributed by atoms with van der Waals surface area (Å²) in [6.07, 6.45) is -0.776. The molecule has 5 aromatic rings. The number of carbonyl (C=O) groups excluding carboxylic acids is 1. The molecule has 174 valence electrons. The maximum Gasteiger partial charge on any atom is 0.411 e. The van der Waals surface area contributed by atoms with E-state index in [1.807, 2.05) is 72.8 Å². The molecule has 0 saturated heterocycles. The van der Waals surface area contributed by atoms with Crippen LogP contribution in [-0.4, -0.2) is 11.1 Å². The fourth-order valence-electron chi connectivity index (χ4n) is 3.72. The van der Waals surface area contributed by atoms with Gasteiger partial charge in [-0.05, 0) is 42.0 Å². The van der Waals surface area contributed by atoms with Crippen LogP contribution < -0.4 is 16.2 Å². The maximum atomic E-state index is 13.3. The van der Waals surface area contributed by atoms with Gasteiger partial charge in [-0.15, -0.1) is 0 Å². The number of hydrogen-bond acceptors (Lipinski definition) is 5. The first-order valence-corrected chi connectivity index (χ1v) is 10.8. The van der Waals surface area contributed by atoms with E-state index in [1.165, 1.54) is 6.07 Å². The maximum absolute atomic E-state index is 13.3. The standard InChI is InChI=1S/C27H20F2N4O2/c28-22-13-12-18(15-23(22)29)30-27(34)35-16-17-6-5-7-19(14-17)32-33-26-20-8-1-3-10-24(20)31-25-11-4-2-9-21(25)26/h1-15,32H,16H2,(H,30,34)(H,31,33). The SMILES string of the molecule is O=C(Nc1ccc(F)c(F)c1)OCc1cccc(NNc2c3ccccc3nc3ccccc23)c1. The second kappa shape index (κ2) is 9.64. The van der Waals surface area contributed by atoms with Crippen molar-refractivity contribution in [3.05, 3.63) is 108 Å². The Labute approximate surface area is 199 Å². The number of halogens is 2. The van der Waals surface area contributed by atoms with Crippen molar-refractivity contribution in [3.63, 3.8) is 0 Å². The number of para-hydroxylation sites is 2. The Balaban J connectivity index is 1.27. The van der Waals surface area contributed by atoms with Crippen LogP contribution in [0.5, 0.6) is 0 Å². The normalized spacial score (nSPS) is 10.8. The summed E-state index contributed by atoms with van der Waals surface area (Å²) in [5.74, 6) is -2.04. The number of ether oxygens (including phenoxy) is 1. The van der Waals surface area contributed by atoms with Crippen LogP contribution in [0.2, 0.25) is 0 Å². The van der Waals surface area contributed by atoms with E-state index in [2.05, 4.69) is 16.2 Å². The van der Waals surface area contributed by atoms with E-state index in [9.17, 15) is 13.6 Å². The number of pyridine rings is 1. The summed E-state index contributed by atoms with van der Waals surface area (Å²) >= 11 is 0. The van der Waals surface area contributed by atoms with Gasteiger partial charge in [0.05, 0.1) is 22.4 Å². The first kappa shape index (κ1) is 22.1. The van der Waals surface area contributed by atoms with E-state index in [0.29, 0.717) is 0 Å². The van der Waals surface area contributed by atoms with E-state index >= 15 is 0 Å². The molecule has 0 aliphatic carbocycles. The molecule has 0 saturated carbocycles. The summed E-state index contributed by atoms with van der Waals surface area (Å²) in [6, 6.07) is 26.2. The molecule has 0 atom stereocenters. The van der Waals surface area contributed by atoms with Crippen LogP contribution in [-0.2, 0) is 11.3 Å². The Hall–Kier alpha value is -4.72. The third kappa shape index (κ3) is 4.96. The van der Waals surface area contributed by atoms with Gasteiger partial charge in [-0.2, -0.15) is 0 Å². The minimum absolute atomic E-state index is 0.00779. The molecule has 0 bridgehead atoms. The molecule has 0 radical (unpaired) electrons. The predicted octanol–water partition coefficient (Wildman–Crippen LogP) is 6.85. The van der Waals surface area contributed by atoms with Crippen LogP contribution in [0.3, 0.4) is 0 Å². The van der Waals surface area contributed by atoms with Gasteiger partial charge >= 0.3 is 6.09 Å². The van der Waals surface area contributed by atoms with Gasteiger partial charge in [0, 0.05) is 22.5 Å². The van der Waals surface area contributed by atoms with Crippen LogP contribution >= 0.6 is 0 Å². The Morgan fingerprint density at radius 2 is 1.46 bits per heavy atom. The second-order valence-corrected chi connectivity index (χ2v) is 7.80. The largest absolute Gasteiger partial charge is 0.444 e. The number of aromatic nitrogens is 1. The number of benzene rings is 4. The van der Waals surface area contributed by atoms with Crippen LogP contribution in [0.15, 0.2) is 91.0 Å². The van der Waals surface area contributed by atoms with Crippen LogP contribution in [0, 0.1) is 11.6 Å². The first-order valence-electron chi connectivity index (χ1n) is 10.8. The third-order valence-electron chi connectivity index (χ3n) is 5.38. The Morgan fingerprint density at radius 3 is 2.17 bits per heavy atom. The molecule has 0 fully saturated rings. The van der Waals surface area contributed by atoms with Gasteiger partial charge < -0.3 is 10.2 Å². The summed E-state index contributed by atoms with van der Waals surface area (Å²) in [7, 11) is 0. The highest BCUT2D eigenvalue weighted by molar-refractivity contribution is 6.07. The first-order chi connectivity index (χ1) is 17.1. The quantitative estimate of drug-likeness (QED) is 0.187. The molecule has 0 aliphatic heterocycles. The number of fused-ring (bicyclic) bond motifs is 2. The van der Waals surface area contributed by atoms with E-state index in [-0.39, 0.29) is 12.3 Å². The molecule has 0 unspecified atom stereocenters. The lowest BCUT2D eigenvalue weighted by Gasteiger charge is -2.15. The van der Waals surface area contributed by atoms with E-state index in [0.717, 1.165) is 50.9 Å². The Bertz CT molecular complexity index is 1490. The van der Waals surface area contributed by atoms with Gasteiger partial charge in [0.15, 0.2) is 11.6 Å². The highest BCUT2D eigenvalue weighted by Crippen LogP contribution is 2.30. The summed E-state index contributed by atoms with van der Waals surface area (Å²) in [6.45, 7) is -0.00779. The average molecular weight is 470 g/mol. The molecular weight excluding hydrogens is 450 g/mol. The van der Waals surface area contributed by atoms with Crippen molar-refractivity contribution < 1.29 is 18.3 Å². The van der Waals surface area contributed by atoms with Crippen molar-refractivity contribution in [1.82, 2.24) is 4.98 Å². The highest BCUT2D eigenvalue weighted by Gasteiger charge is 2.10. The van der Waals surface area contributed by atoms with E-state index < -0.39 is 17.7 Å². The van der Waals surface area contributed by atoms with Gasteiger partial charge in [-0.1, -0.05) is 48.5 Å². The molecule has 1 amide bonds. The lowest BCUT2D eigenvalue weighted by atomic mass is 10.1. The monoisotopic (exact) mass is 470 g/mol. The highest BCUT2D eigenvalue weighted by atomic mass is 19.2. The molecule has 5 rings (SSSR count). The van der Waals surface area contributed by atoms with Crippen molar-refractivity contribution in [2.45, 2.75) is 6.61 Å². The van der Waals surface area contributed by atoms with E-state index in [4.69, 9.17) is 9.72 Å². The van der Waals surface area contributed by atoms with Crippen LogP contribution in [0.4, 0.5) is 30.6 Å². The number of nitrogens with one attached hydrogen (secondary N) is 3. The number of anilines is 3. The molecule has 1 aromatic heterocycles. The molecule has 0 spiro atoms. The lowest BCUT2D eigenvalue weighted by molar-refractivity contribution is 0.155.